The molecule has 0 spiro atoms. The smallest absolute Gasteiger partial charge is 0.224 e. The number of benzene rings is 1. The lowest BCUT2D eigenvalue weighted by Gasteiger charge is -2.16. The first-order valence-electron chi connectivity index (χ1n) is 8.33. The van der Waals surface area contributed by atoms with Crippen molar-refractivity contribution >= 4 is 5.91 Å². The molecule has 0 saturated heterocycles. The third-order valence-corrected chi connectivity index (χ3v) is 4.88. The monoisotopic (exact) mass is 286 g/mol. The van der Waals surface area contributed by atoms with E-state index in [0.717, 1.165) is 31.2 Å². The fraction of sp³-hybridized carbons (Fsp3) is 0.611. The summed E-state index contributed by atoms with van der Waals surface area (Å²) >= 11 is 0. The Labute approximate surface area is 127 Å². The molecular weight excluding hydrogens is 260 g/mol. The highest BCUT2D eigenvalue weighted by Crippen LogP contribution is 2.42. The summed E-state index contributed by atoms with van der Waals surface area (Å²) in [6, 6.07) is 8.63. The lowest BCUT2D eigenvalue weighted by Crippen LogP contribution is -2.35. The number of nitrogens with one attached hydrogen (secondary N) is 1. The third-order valence-electron chi connectivity index (χ3n) is 4.88. The predicted molar refractivity (Wildman–Crippen MR) is 84.9 cm³/mol. The first kappa shape index (κ1) is 14.6. The van der Waals surface area contributed by atoms with Crippen molar-refractivity contribution in [2.45, 2.75) is 69.4 Å². The fourth-order valence-electron chi connectivity index (χ4n) is 3.30. The van der Waals surface area contributed by atoms with Crippen LogP contribution in [0.2, 0.25) is 0 Å². The zero-order valence-corrected chi connectivity index (χ0v) is 12.7. The van der Waals surface area contributed by atoms with Crippen LogP contribution in [0, 0.1) is 0 Å². The Morgan fingerprint density at radius 2 is 1.90 bits per heavy atom. The molecule has 0 unspecified atom stereocenters. The van der Waals surface area contributed by atoms with E-state index >= 15 is 0 Å². The van der Waals surface area contributed by atoms with Gasteiger partial charge in [-0.05, 0) is 36.8 Å². The molecule has 2 aliphatic carbocycles. The molecule has 2 aliphatic rings. The van der Waals surface area contributed by atoms with E-state index in [1.165, 1.54) is 31.2 Å². The fourth-order valence-corrected chi connectivity index (χ4v) is 3.30. The molecule has 3 rings (SSSR count). The standard InChI is InChI=1S/C18H26N2O/c19-18(10-11-18)15-7-5-6-14(12-15)13-17(21)20-16-8-3-1-2-4-9-16/h5-7,12,16H,1-4,8-11,13,19H2,(H,20,21). The highest BCUT2D eigenvalue weighted by molar-refractivity contribution is 5.78. The van der Waals surface area contributed by atoms with Crippen LogP contribution in [0.1, 0.15) is 62.5 Å². The van der Waals surface area contributed by atoms with Crippen molar-refractivity contribution in [3.05, 3.63) is 35.4 Å². The summed E-state index contributed by atoms with van der Waals surface area (Å²) in [4.78, 5) is 12.2. The molecule has 3 nitrogen and oxygen atoms in total. The molecular formula is C18H26N2O. The number of amides is 1. The average Bonchev–Trinajstić information content (AvgIpc) is 3.24. The van der Waals surface area contributed by atoms with Gasteiger partial charge in [0.25, 0.3) is 0 Å². The van der Waals surface area contributed by atoms with E-state index < -0.39 is 0 Å². The van der Waals surface area contributed by atoms with Gasteiger partial charge in [0, 0.05) is 11.6 Å². The molecule has 2 saturated carbocycles. The summed E-state index contributed by atoms with van der Waals surface area (Å²) < 4.78 is 0. The first-order valence-corrected chi connectivity index (χ1v) is 8.33. The number of rotatable bonds is 4. The molecule has 114 valence electrons. The number of hydrogen-bond acceptors (Lipinski definition) is 2. The highest BCUT2D eigenvalue weighted by atomic mass is 16.1. The maximum absolute atomic E-state index is 12.2. The molecule has 0 atom stereocenters. The van der Waals surface area contributed by atoms with Crippen LogP contribution < -0.4 is 11.1 Å². The van der Waals surface area contributed by atoms with Gasteiger partial charge in [0.15, 0.2) is 0 Å². The van der Waals surface area contributed by atoms with Gasteiger partial charge in [0.1, 0.15) is 0 Å². The van der Waals surface area contributed by atoms with Crippen LogP contribution in [0.25, 0.3) is 0 Å². The van der Waals surface area contributed by atoms with Gasteiger partial charge in [0.05, 0.1) is 6.42 Å². The van der Waals surface area contributed by atoms with Gasteiger partial charge in [-0.2, -0.15) is 0 Å². The Morgan fingerprint density at radius 3 is 2.57 bits per heavy atom. The molecule has 3 heteroatoms. The molecule has 1 aromatic rings. The SMILES string of the molecule is NC1(c2cccc(CC(=O)NC3CCCCCC3)c2)CC1. The van der Waals surface area contributed by atoms with Gasteiger partial charge < -0.3 is 11.1 Å². The van der Waals surface area contributed by atoms with Gasteiger partial charge in [0.2, 0.25) is 5.91 Å². The second-order valence-electron chi connectivity index (χ2n) is 6.79. The van der Waals surface area contributed by atoms with Gasteiger partial charge >= 0.3 is 0 Å². The van der Waals surface area contributed by atoms with E-state index in [4.69, 9.17) is 5.73 Å². The maximum Gasteiger partial charge on any atom is 0.224 e. The predicted octanol–water partition coefficient (Wildman–Crippen LogP) is 3.02. The Morgan fingerprint density at radius 1 is 1.19 bits per heavy atom. The molecule has 0 aliphatic heterocycles. The minimum absolute atomic E-state index is 0.117. The van der Waals surface area contributed by atoms with E-state index in [9.17, 15) is 4.79 Å². The zero-order chi connectivity index (χ0) is 14.7. The average molecular weight is 286 g/mol. The summed E-state index contributed by atoms with van der Waals surface area (Å²) in [5.74, 6) is 0.154. The van der Waals surface area contributed by atoms with Gasteiger partial charge in [-0.1, -0.05) is 49.9 Å². The second kappa shape index (κ2) is 6.18. The van der Waals surface area contributed by atoms with Crippen LogP contribution in [-0.4, -0.2) is 11.9 Å². The molecule has 0 bridgehead atoms. The Hall–Kier alpha value is -1.35. The van der Waals surface area contributed by atoms with Crippen molar-refractivity contribution in [2.75, 3.05) is 0 Å². The molecule has 0 heterocycles. The number of hydrogen-bond donors (Lipinski definition) is 2. The van der Waals surface area contributed by atoms with Crippen LogP contribution in [0.3, 0.4) is 0 Å². The van der Waals surface area contributed by atoms with Crippen molar-refractivity contribution < 1.29 is 4.79 Å². The molecule has 1 aromatic carbocycles. The highest BCUT2D eigenvalue weighted by Gasteiger charge is 2.39. The van der Waals surface area contributed by atoms with E-state index in [2.05, 4.69) is 17.4 Å². The summed E-state index contributed by atoms with van der Waals surface area (Å²) in [7, 11) is 0. The van der Waals surface area contributed by atoms with Crippen molar-refractivity contribution in [3.63, 3.8) is 0 Å². The Kier molecular flexibility index (Phi) is 4.29. The molecule has 2 fully saturated rings. The molecule has 1 amide bonds. The van der Waals surface area contributed by atoms with Crippen molar-refractivity contribution in [1.29, 1.82) is 0 Å². The molecule has 3 N–H and O–H groups in total. The Balaban J connectivity index is 1.57. The van der Waals surface area contributed by atoms with Crippen molar-refractivity contribution in [3.8, 4) is 0 Å². The van der Waals surface area contributed by atoms with Crippen LogP contribution in [0.4, 0.5) is 0 Å². The number of carbonyl (C=O) groups is 1. The van der Waals surface area contributed by atoms with Crippen LogP contribution in [0.5, 0.6) is 0 Å². The number of nitrogens with two attached hydrogens (primary N) is 1. The largest absolute Gasteiger partial charge is 0.353 e. The van der Waals surface area contributed by atoms with Crippen molar-refractivity contribution in [1.82, 2.24) is 5.32 Å². The summed E-state index contributed by atoms with van der Waals surface area (Å²) in [6.45, 7) is 0. The van der Waals surface area contributed by atoms with Crippen LogP contribution >= 0.6 is 0 Å². The topological polar surface area (TPSA) is 55.1 Å². The summed E-state index contributed by atoms with van der Waals surface area (Å²) in [6.07, 6.45) is 9.98. The summed E-state index contributed by atoms with van der Waals surface area (Å²) in [5.41, 5.74) is 8.38. The lowest BCUT2D eigenvalue weighted by atomic mass is 10.0. The maximum atomic E-state index is 12.2. The van der Waals surface area contributed by atoms with E-state index in [-0.39, 0.29) is 11.4 Å². The lowest BCUT2D eigenvalue weighted by molar-refractivity contribution is -0.121. The van der Waals surface area contributed by atoms with E-state index in [1.54, 1.807) is 0 Å². The Bertz CT molecular complexity index is 500. The normalized spacial score (nSPS) is 21.6. The summed E-state index contributed by atoms with van der Waals surface area (Å²) in [5, 5.41) is 3.21. The van der Waals surface area contributed by atoms with Crippen LogP contribution in [0.15, 0.2) is 24.3 Å². The van der Waals surface area contributed by atoms with E-state index in [1.807, 2.05) is 12.1 Å². The minimum atomic E-state index is -0.117. The van der Waals surface area contributed by atoms with Gasteiger partial charge in [-0.15, -0.1) is 0 Å². The van der Waals surface area contributed by atoms with Gasteiger partial charge in [-0.3, -0.25) is 4.79 Å². The van der Waals surface area contributed by atoms with Crippen molar-refractivity contribution in [2.24, 2.45) is 5.73 Å². The first-order chi connectivity index (χ1) is 10.2. The van der Waals surface area contributed by atoms with Crippen LogP contribution in [-0.2, 0) is 16.8 Å². The van der Waals surface area contributed by atoms with Gasteiger partial charge in [-0.25, -0.2) is 0 Å². The minimum Gasteiger partial charge on any atom is -0.353 e. The molecule has 0 aromatic heterocycles. The number of carbonyl (C=O) groups excluding carboxylic acids is 1. The second-order valence-corrected chi connectivity index (χ2v) is 6.79. The molecule has 21 heavy (non-hydrogen) atoms. The zero-order valence-electron chi connectivity index (χ0n) is 12.7. The molecule has 0 radical (unpaired) electrons. The van der Waals surface area contributed by atoms with E-state index in [0.29, 0.717) is 12.5 Å². The third kappa shape index (κ3) is 3.85. The quantitative estimate of drug-likeness (QED) is 0.836.